The summed E-state index contributed by atoms with van der Waals surface area (Å²) in [6.07, 6.45) is 0.795. The number of methoxy groups -OCH3 is 2. The average Bonchev–Trinajstić information content (AvgIpc) is 2.56. The molecule has 0 bridgehead atoms. The first-order valence-corrected chi connectivity index (χ1v) is 7.27. The van der Waals surface area contributed by atoms with Crippen molar-refractivity contribution in [1.82, 2.24) is 0 Å². The minimum Gasteiger partial charge on any atom is -0.497 e. The molecule has 0 N–H and O–H groups in total. The fourth-order valence-corrected chi connectivity index (χ4v) is 2.00. The van der Waals surface area contributed by atoms with Crippen molar-refractivity contribution in [1.29, 1.82) is 0 Å². The first-order chi connectivity index (χ1) is 10.7. The molecule has 0 radical (unpaired) electrons. The van der Waals surface area contributed by atoms with Crippen molar-refractivity contribution in [2.45, 2.75) is 13.3 Å². The van der Waals surface area contributed by atoms with E-state index in [1.165, 1.54) is 0 Å². The lowest BCUT2D eigenvalue weighted by Crippen LogP contribution is -2.05. The highest BCUT2D eigenvalue weighted by Crippen LogP contribution is 2.27. The molecule has 0 saturated heterocycles. The first-order valence-electron chi connectivity index (χ1n) is 7.27. The maximum absolute atomic E-state index is 5.73. The number of aryl methyl sites for hydroxylation is 1. The van der Waals surface area contributed by atoms with Gasteiger partial charge in [-0.05, 0) is 48.9 Å². The van der Waals surface area contributed by atoms with Crippen LogP contribution in [-0.4, -0.2) is 27.4 Å². The van der Waals surface area contributed by atoms with Crippen molar-refractivity contribution in [3.05, 3.63) is 48.0 Å². The van der Waals surface area contributed by atoms with Crippen LogP contribution in [0.2, 0.25) is 0 Å². The molecule has 0 aliphatic rings. The molecule has 0 spiro atoms. The van der Waals surface area contributed by atoms with E-state index in [2.05, 4.69) is 0 Å². The molecule has 4 nitrogen and oxygen atoms in total. The van der Waals surface area contributed by atoms with Crippen LogP contribution in [-0.2, 0) is 0 Å². The normalized spacial score (nSPS) is 10.1. The fourth-order valence-electron chi connectivity index (χ4n) is 2.00. The Morgan fingerprint density at radius 1 is 0.727 bits per heavy atom. The van der Waals surface area contributed by atoms with Gasteiger partial charge in [0.25, 0.3) is 0 Å². The van der Waals surface area contributed by atoms with Crippen molar-refractivity contribution in [2.75, 3.05) is 27.4 Å². The molecule has 4 heteroatoms. The van der Waals surface area contributed by atoms with Gasteiger partial charge in [-0.2, -0.15) is 0 Å². The number of ether oxygens (including phenoxy) is 4. The highest BCUT2D eigenvalue weighted by atomic mass is 16.5. The van der Waals surface area contributed by atoms with Crippen LogP contribution in [0.15, 0.2) is 42.5 Å². The van der Waals surface area contributed by atoms with Crippen LogP contribution in [0.5, 0.6) is 23.0 Å². The van der Waals surface area contributed by atoms with Gasteiger partial charge in [0.15, 0.2) is 11.5 Å². The zero-order chi connectivity index (χ0) is 15.8. The Morgan fingerprint density at radius 3 is 2.09 bits per heavy atom. The van der Waals surface area contributed by atoms with E-state index < -0.39 is 0 Å². The molecule has 0 aliphatic carbocycles. The molecule has 2 rings (SSSR count). The van der Waals surface area contributed by atoms with Crippen molar-refractivity contribution in [3.63, 3.8) is 0 Å². The van der Waals surface area contributed by atoms with Crippen LogP contribution >= 0.6 is 0 Å². The number of rotatable bonds is 8. The summed E-state index contributed by atoms with van der Waals surface area (Å²) in [5.74, 6) is 3.17. The van der Waals surface area contributed by atoms with Gasteiger partial charge in [-0.25, -0.2) is 0 Å². The highest BCUT2D eigenvalue weighted by Gasteiger charge is 2.04. The largest absolute Gasteiger partial charge is 0.497 e. The Bertz CT molecular complexity index is 578. The minimum atomic E-state index is 0.579. The van der Waals surface area contributed by atoms with Crippen LogP contribution in [0.25, 0.3) is 0 Å². The van der Waals surface area contributed by atoms with E-state index in [4.69, 9.17) is 18.9 Å². The standard InChI is InChI=1S/C18H22O4/c1-14-5-10-17(18(13-14)20-3)22-12-4-11-21-16-8-6-15(19-2)7-9-16/h5-10,13H,4,11-12H2,1-3H3. The second kappa shape index (κ2) is 8.17. The zero-order valence-electron chi connectivity index (χ0n) is 13.3. The lowest BCUT2D eigenvalue weighted by atomic mass is 10.2. The fraction of sp³-hybridized carbons (Fsp3) is 0.333. The van der Waals surface area contributed by atoms with Crippen LogP contribution in [0, 0.1) is 6.92 Å². The maximum atomic E-state index is 5.73. The monoisotopic (exact) mass is 302 g/mol. The summed E-state index contributed by atoms with van der Waals surface area (Å²) in [4.78, 5) is 0. The van der Waals surface area contributed by atoms with Gasteiger partial charge in [-0.3, -0.25) is 0 Å². The van der Waals surface area contributed by atoms with Crippen LogP contribution in [0.1, 0.15) is 12.0 Å². The number of hydrogen-bond acceptors (Lipinski definition) is 4. The van der Waals surface area contributed by atoms with Crippen LogP contribution < -0.4 is 18.9 Å². The second-order valence-corrected chi connectivity index (χ2v) is 4.88. The van der Waals surface area contributed by atoms with E-state index in [0.29, 0.717) is 13.2 Å². The summed E-state index contributed by atoms with van der Waals surface area (Å²) < 4.78 is 21.8. The maximum Gasteiger partial charge on any atom is 0.161 e. The van der Waals surface area contributed by atoms with Crippen molar-refractivity contribution >= 4 is 0 Å². The van der Waals surface area contributed by atoms with Crippen LogP contribution in [0.3, 0.4) is 0 Å². The Hall–Kier alpha value is -2.36. The molecule has 0 amide bonds. The molecule has 0 unspecified atom stereocenters. The molecule has 0 aromatic heterocycles. The first kappa shape index (κ1) is 16.0. The third-order valence-corrected chi connectivity index (χ3v) is 3.19. The predicted octanol–water partition coefficient (Wildman–Crippen LogP) is 3.86. The van der Waals surface area contributed by atoms with E-state index >= 15 is 0 Å². The Balaban J connectivity index is 1.73. The molecule has 0 atom stereocenters. The van der Waals surface area contributed by atoms with E-state index in [-0.39, 0.29) is 0 Å². The number of benzene rings is 2. The summed E-state index contributed by atoms with van der Waals surface area (Å²) in [6.45, 7) is 3.20. The third-order valence-electron chi connectivity index (χ3n) is 3.19. The van der Waals surface area contributed by atoms with Gasteiger partial charge in [0.1, 0.15) is 11.5 Å². The summed E-state index contributed by atoms with van der Waals surface area (Å²) in [5.41, 5.74) is 1.15. The predicted molar refractivity (Wildman–Crippen MR) is 86.3 cm³/mol. The van der Waals surface area contributed by atoms with Gasteiger partial charge in [-0.15, -0.1) is 0 Å². The summed E-state index contributed by atoms with van der Waals surface area (Å²) >= 11 is 0. The van der Waals surface area contributed by atoms with Gasteiger partial charge in [0.2, 0.25) is 0 Å². The topological polar surface area (TPSA) is 36.9 Å². The molecule has 22 heavy (non-hydrogen) atoms. The lowest BCUT2D eigenvalue weighted by molar-refractivity contribution is 0.240. The molecular weight excluding hydrogens is 280 g/mol. The Kier molecular flexibility index (Phi) is 5.95. The van der Waals surface area contributed by atoms with Crippen LogP contribution in [0.4, 0.5) is 0 Å². The molecule has 0 heterocycles. The Morgan fingerprint density at radius 2 is 1.41 bits per heavy atom. The molecule has 0 saturated carbocycles. The second-order valence-electron chi connectivity index (χ2n) is 4.88. The van der Waals surface area contributed by atoms with Gasteiger partial charge in [0.05, 0.1) is 27.4 Å². The van der Waals surface area contributed by atoms with Crippen molar-refractivity contribution in [2.24, 2.45) is 0 Å². The van der Waals surface area contributed by atoms with E-state index in [1.807, 2.05) is 49.4 Å². The molecule has 0 fully saturated rings. The van der Waals surface area contributed by atoms with Crippen molar-refractivity contribution in [3.8, 4) is 23.0 Å². The minimum absolute atomic E-state index is 0.579. The van der Waals surface area contributed by atoms with Gasteiger partial charge >= 0.3 is 0 Å². The zero-order valence-corrected chi connectivity index (χ0v) is 13.3. The summed E-state index contributed by atoms with van der Waals surface area (Å²) in [6, 6.07) is 13.4. The van der Waals surface area contributed by atoms with Crippen molar-refractivity contribution < 1.29 is 18.9 Å². The van der Waals surface area contributed by atoms with E-state index in [0.717, 1.165) is 35.0 Å². The highest BCUT2D eigenvalue weighted by molar-refractivity contribution is 5.42. The SMILES string of the molecule is COc1ccc(OCCCOc2ccc(C)cc2OC)cc1. The third kappa shape index (κ3) is 4.58. The molecule has 2 aromatic carbocycles. The number of hydrogen-bond donors (Lipinski definition) is 0. The van der Waals surface area contributed by atoms with E-state index in [1.54, 1.807) is 14.2 Å². The molecule has 2 aromatic rings. The molecule has 0 aliphatic heterocycles. The summed E-state index contributed by atoms with van der Waals surface area (Å²) in [5, 5.41) is 0. The van der Waals surface area contributed by atoms with Gasteiger partial charge < -0.3 is 18.9 Å². The van der Waals surface area contributed by atoms with Gasteiger partial charge in [-0.1, -0.05) is 6.07 Å². The van der Waals surface area contributed by atoms with Gasteiger partial charge in [0, 0.05) is 6.42 Å². The Labute approximate surface area is 131 Å². The molecule has 118 valence electrons. The molecular formula is C18H22O4. The quantitative estimate of drug-likeness (QED) is 0.694. The lowest BCUT2D eigenvalue weighted by Gasteiger charge is -2.11. The van der Waals surface area contributed by atoms with E-state index in [9.17, 15) is 0 Å². The summed E-state index contributed by atoms with van der Waals surface area (Å²) in [7, 11) is 3.29. The smallest absolute Gasteiger partial charge is 0.161 e. The average molecular weight is 302 g/mol.